The number of carbonyl (C=O) groups excluding carboxylic acids is 2. The van der Waals surface area contributed by atoms with Crippen molar-refractivity contribution in [1.82, 2.24) is 4.90 Å². The van der Waals surface area contributed by atoms with Crippen molar-refractivity contribution < 1.29 is 27.5 Å². The highest BCUT2D eigenvalue weighted by Crippen LogP contribution is 2.34. The molecule has 120 valence electrons. The summed E-state index contributed by atoms with van der Waals surface area (Å²) < 4.78 is 43.4. The number of amides is 2. The molecular weight excluding hydrogens is 301 g/mol. The largest absolute Gasteiger partial charge is 0.444 e. The number of halogens is 3. The van der Waals surface area contributed by atoms with E-state index in [1.54, 1.807) is 7.05 Å². The third-order valence-electron chi connectivity index (χ3n) is 3.26. The molecule has 1 fully saturated rings. The van der Waals surface area contributed by atoms with Crippen LogP contribution in [0.3, 0.4) is 0 Å². The number of nitrogens with one attached hydrogen (secondary N) is 1. The van der Waals surface area contributed by atoms with Crippen LogP contribution in [0.15, 0.2) is 24.3 Å². The SMILES string of the molecule is CN1CC(CCC(=O)Nc2ccccc2C(F)(F)F)OC1=O. The number of cyclic esters (lactones) is 1. The first-order valence-electron chi connectivity index (χ1n) is 6.65. The van der Waals surface area contributed by atoms with Gasteiger partial charge in [0.25, 0.3) is 0 Å². The molecule has 1 aliphatic rings. The molecule has 2 amide bonds. The van der Waals surface area contributed by atoms with Crippen molar-refractivity contribution in [3.05, 3.63) is 29.8 Å². The molecule has 1 atom stereocenters. The summed E-state index contributed by atoms with van der Waals surface area (Å²) in [6.07, 6.45) is -5.18. The van der Waals surface area contributed by atoms with Gasteiger partial charge in [-0.25, -0.2) is 4.79 Å². The molecule has 1 saturated heterocycles. The van der Waals surface area contributed by atoms with Gasteiger partial charge in [0, 0.05) is 13.5 Å². The first-order valence-corrected chi connectivity index (χ1v) is 6.65. The zero-order valence-corrected chi connectivity index (χ0v) is 11.8. The number of carbonyl (C=O) groups is 2. The van der Waals surface area contributed by atoms with E-state index in [1.807, 2.05) is 0 Å². The third-order valence-corrected chi connectivity index (χ3v) is 3.26. The number of benzene rings is 1. The van der Waals surface area contributed by atoms with Crippen LogP contribution in [0, 0.1) is 0 Å². The fraction of sp³-hybridized carbons (Fsp3) is 0.429. The van der Waals surface area contributed by atoms with Gasteiger partial charge in [-0.1, -0.05) is 12.1 Å². The maximum absolute atomic E-state index is 12.8. The first kappa shape index (κ1) is 16.1. The minimum Gasteiger partial charge on any atom is -0.444 e. The molecule has 0 aromatic heterocycles. The Balaban J connectivity index is 1.92. The summed E-state index contributed by atoms with van der Waals surface area (Å²) in [6.45, 7) is 0.366. The highest BCUT2D eigenvalue weighted by molar-refractivity contribution is 5.91. The number of hydrogen-bond donors (Lipinski definition) is 1. The van der Waals surface area contributed by atoms with Gasteiger partial charge < -0.3 is 15.0 Å². The Hall–Kier alpha value is -2.25. The van der Waals surface area contributed by atoms with Gasteiger partial charge in [-0.15, -0.1) is 0 Å². The van der Waals surface area contributed by atoms with Gasteiger partial charge in [0.05, 0.1) is 17.8 Å². The molecule has 0 bridgehead atoms. The van der Waals surface area contributed by atoms with Crippen molar-refractivity contribution in [3.8, 4) is 0 Å². The highest BCUT2D eigenvalue weighted by atomic mass is 19.4. The Labute approximate surface area is 125 Å². The smallest absolute Gasteiger partial charge is 0.418 e. The molecule has 0 aliphatic carbocycles. The van der Waals surface area contributed by atoms with Crippen LogP contribution in [-0.2, 0) is 15.7 Å². The fourth-order valence-electron chi connectivity index (χ4n) is 2.14. The quantitative estimate of drug-likeness (QED) is 0.929. The minimum atomic E-state index is -4.53. The molecule has 5 nitrogen and oxygen atoms in total. The summed E-state index contributed by atoms with van der Waals surface area (Å²) in [4.78, 5) is 24.3. The van der Waals surface area contributed by atoms with Gasteiger partial charge in [0.1, 0.15) is 6.10 Å². The lowest BCUT2D eigenvalue weighted by molar-refractivity contribution is -0.137. The van der Waals surface area contributed by atoms with Crippen molar-refractivity contribution in [3.63, 3.8) is 0 Å². The number of ether oxygens (including phenoxy) is 1. The lowest BCUT2D eigenvalue weighted by Crippen LogP contribution is -2.21. The fourth-order valence-corrected chi connectivity index (χ4v) is 2.14. The number of rotatable bonds is 4. The standard InChI is InChI=1S/C14H15F3N2O3/c1-19-8-9(22-13(19)21)6-7-12(20)18-11-5-3-2-4-10(11)14(15,16)17/h2-5,9H,6-8H2,1H3,(H,18,20). The third kappa shape index (κ3) is 3.90. The molecule has 1 aliphatic heterocycles. The number of para-hydroxylation sites is 1. The molecule has 2 rings (SSSR count). The number of likely N-dealkylation sites (N-methyl/N-ethyl adjacent to an activating group) is 1. The lowest BCUT2D eigenvalue weighted by atomic mass is 10.1. The van der Waals surface area contributed by atoms with Gasteiger partial charge in [-0.2, -0.15) is 13.2 Å². The van der Waals surface area contributed by atoms with Gasteiger partial charge >= 0.3 is 12.3 Å². The zero-order valence-electron chi connectivity index (χ0n) is 11.8. The highest BCUT2D eigenvalue weighted by Gasteiger charge is 2.33. The lowest BCUT2D eigenvalue weighted by Gasteiger charge is -2.14. The van der Waals surface area contributed by atoms with Crippen LogP contribution >= 0.6 is 0 Å². The van der Waals surface area contributed by atoms with Crippen molar-refractivity contribution in [1.29, 1.82) is 0 Å². The molecule has 1 unspecified atom stereocenters. The molecule has 1 N–H and O–H groups in total. The molecular formula is C14H15F3N2O3. The van der Waals surface area contributed by atoms with Crippen molar-refractivity contribution in [2.45, 2.75) is 25.1 Å². The Morgan fingerprint density at radius 3 is 2.68 bits per heavy atom. The van der Waals surface area contributed by atoms with Crippen LogP contribution in [0.25, 0.3) is 0 Å². The number of nitrogens with zero attached hydrogens (tertiary/aromatic N) is 1. The molecule has 22 heavy (non-hydrogen) atoms. The van der Waals surface area contributed by atoms with Gasteiger partial charge in [0.2, 0.25) is 5.91 Å². The van der Waals surface area contributed by atoms with Crippen molar-refractivity contribution in [2.75, 3.05) is 18.9 Å². The maximum Gasteiger partial charge on any atom is 0.418 e. The van der Waals surface area contributed by atoms with E-state index in [1.165, 1.54) is 23.1 Å². The van der Waals surface area contributed by atoms with Crippen LogP contribution in [0.1, 0.15) is 18.4 Å². The van der Waals surface area contributed by atoms with Gasteiger partial charge in [-0.05, 0) is 18.6 Å². The monoisotopic (exact) mass is 316 g/mol. The summed E-state index contributed by atoms with van der Waals surface area (Å²) in [7, 11) is 1.57. The van der Waals surface area contributed by atoms with Crippen molar-refractivity contribution >= 4 is 17.7 Å². The summed E-state index contributed by atoms with van der Waals surface area (Å²) in [5, 5.41) is 2.25. The second-order valence-corrected chi connectivity index (χ2v) is 5.02. The second-order valence-electron chi connectivity index (χ2n) is 5.02. The molecule has 0 saturated carbocycles. The van der Waals surface area contributed by atoms with Gasteiger partial charge in [-0.3, -0.25) is 4.79 Å². The Morgan fingerprint density at radius 1 is 1.41 bits per heavy atom. The van der Waals surface area contributed by atoms with Crippen LogP contribution in [0.2, 0.25) is 0 Å². The van der Waals surface area contributed by atoms with E-state index in [4.69, 9.17) is 4.74 Å². The Kier molecular flexibility index (Phi) is 4.58. The molecule has 8 heteroatoms. The van der Waals surface area contributed by atoms with E-state index < -0.39 is 29.8 Å². The molecule has 1 aromatic carbocycles. The van der Waals surface area contributed by atoms with E-state index in [9.17, 15) is 22.8 Å². The number of anilines is 1. The maximum atomic E-state index is 12.8. The van der Waals surface area contributed by atoms with Crippen molar-refractivity contribution in [2.24, 2.45) is 0 Å². The number of hydrogen-bond acceptors (Lipinski definition) is 3. The van der Waals surface area contributed by atoms with Crippen LogP contribution in [0.4, 0.5) is 23.7 Å². The normalized spacial score (nSPS) is 18.3. The molecule has 1 heterocycles. The molecule has 0 radical (unpaired) electrons. The zero-order chi connectivity index (χ0) is 16.3. The van der Waals surface area contributed by atoms with E-state index in [2.05, 4.69) is 5.32 Å². The second kappa shape index (κ2) is 6.25. The average molecular weight is 316 g/mol. The summed E-state index contributed by atoms with van der Waals surface area (Å²) in [5.74, 6) is -0.553. The van der Waals surface area contributed by atoms with Crippen LogP contribution in [-0.4, -0.2) is 36.6 Å². The van der Waals surface area contributed by atoms with E-state index in [-0.39, 0.29) is 18.5 Å². The number of alkyl halides is 3. The van der Waals surface area contributed by atoms with Crippen LogP contribution in [0.5, 0.6) is 0 Å². The topological polar surface area (TPSA) is 58.6 Å². The summed E-state index contributed by atoms with van der Waals surface area (Å²) in [6, 6.07) is 4.78. The average Bonchev–Trinajstić information content (AvgIpc) is 2.75. The predicted octanol–water partition coefficient (Wildman–Crippen LogP) is 2.87. The van der Waals surface area contributed by atoms with E-state index >= 15 is 0 Å². The Morgan fingerprint density at radius 2 is 2.09 bits per heavy atom. The first-order chi connectivity index (χ1) is 10.3. The summed E-state index contributed by atoms with van der Waals surface area (Å²) >= 11 is 0. The summed E-state index contributed by atoms with van der Waals surface area (Å²) in [5.41, 5.74) is -1.17. The molecule has 1 aromatic rings. The minimum absolute atomic E-state index is 0.0298. The Bertz CT molecular complexity index is 575. The predicted molar refractivity (Wildman–Crippen MR) is 72.2 cm³/mol. The van der Waals surface area contributed by atoms with Gasteiger partial charge in [0.15, 0.2) is 0 Å². The van der Waals surface area contributed by atoms with E-state index in [0.29, 0.717) is 6.54 Å². The van der Waals surface area contributed by atoms with Crippen LogP contribution < -0.4 is 5.32 Å². The van der Waals surface area contributed by atoms with E-state index in [0.717, 1.165) is 6.07 Å². The molecule has 0 spiro atoms.